The number of aryl methyl sites for hydroxylation is 1. The van der Waals surface area contributed by atoms with E-state index in [0.29, 0.717) is 27.7 Å². The number of fused-ring (bicyclic) bond motifs is 2. The van der Waals surface area contributed by atoms with Crippen molar-refractivity contribution >= 4 is 33.4 Å². The normalized spacial score (nSPS) is 12.5. The van der Waals surface area contributed by atoms with Crippen LogP contribution in [0.1, 0.15) is 18.5 Å². The zero-order valence-corrected chi connectivity index (χ0v) is 18.6. The van der Waals surface area contributed by atoms with Gasteiger partial charge in [-0.25, -0.2) is 4.98 Å². The van der Waals surface area contributed by atoms with E-state index in [4.69, 9.17) is 0 Å². The van der Waals surface area contributed by atoms with E-state index in [0.717, 1.165) is 11.1 Å². The highest BCUT2D eigenvalue weighted by Crippen LogP contribution is 2.36. The molecule has 5 aromatic rings. The molecule has 0 saturated carbocycles. The van der Waals surface area contributed by atoms with Gasteiger partial charge in [-0.15, -0.1) is 10.2 Å². The van der Waals surface area contributed by atoms with Crippen LogP contribution in [0.25, 0.3) is 33.2 Å². The van der Waals surface area contributed by atoms with Crippen molar-refractivity contribution in [2.24, 2.45) is 10.2 Å². The number of carbonyl (C=O) groups is 1. The first-order valence-electron chi connectivity index (χ1n) is 10.8. The number of nitrogens with one attached hydrogen (secondary N) is 1. The molecule has 2 heterocycles. The predicted octanol–water partition coefficient (Wildman–Crippen LogP) is 5.43. The van der Waals surface area contributed by atoms with Gasteiger partial charge in [0.2, 0.25) is 5.88 Å². The molecule has 0 spiro atoms. The quantitative estimate of drug-likeness (QED) is 0.355. The molecule has 0 bridgehead atoms. The van der Waals surface area contributed by atoms with Crippen LogP contribution in [0.15, 0.2) is 87.8 Å². The number of hydrogen-bond donors (Lipinski definition) is 2. The van der Waals surface area contributed by atoms with Crippen molar-refractivity contribution in [1.82, 2.24) is 14.5 Å². The number of benzene rings is 3. The van der Waals surface area contributed by atoms with Crippen LogP contribution in [0.2, 0.25) is 0 Å². The molecule has 0 aliphatic carbocycles. The summed E-state index contributed by atoms with van der Waals surface area (Å²) in [6.07, 6.45) is 0. The highest BCUT2D eigenvalue weighted by atomic mass is 16.3. The predicted molar refractivity (Wildman–Crippen MR) is 130 cm³/mol. The molecule has 8 heteroatoms. The number of aromatic hydroxyl groups is 1. The lowest BCUT2D eigenvalue weighted by atomic mass is 10.1. The van der Waals surface area contributed by atoms with Crippen LogP contribution < -0.4 is 5.56 Å². The van der Waals surface area contributed by atoms with E-state index < -0.39 is 11.9 Å². The maximum Gasteiger partial charge on any atom is 0.287 e. The van der Waals surface area contributed by atoms with Crippen LogP contribution in [0.4, 0.5) is 5.69 Å². The summed E-state index contributed by atoms with van der Waals surface area (Å²) in [6, 6.07) is 20.8. The average Bonchev–Trinajstić information content (AvgIpc) is 3.19. The molecule has 0 saturated heterocycles. The molecule has 3 aromatic carbocycles. The number of para-hydroxylation sites is 2. The Kier molecular flexibility index (Phi) is 5.25. The minimum Gasteiger partial charge on any atom is -0.493 e. The Hall–Kier alpha value is -4.59. The Morgan fingerprint density at radius 1 is 1.00 bits per heavy atom. The molecule has 0 aliphatic heterocycles. The fraction of sp³-hybridized carbons (Fsp3) is 0.115. The van der Waals surface area contributed by atoms with Crippen LogP contribution in [0, 0.1) is 6.92 Å². The number of aromatic nitrogens is 3. The minimum absolute atomic E-state index is 0.173. The lowest BCUT2D eigenvalue weighted by Gasteiger charge is -2.17. The third kappa shape index (κ3) is 3.55. The third-order valence-corrected chi connectivity index (χ3v) is 5.83. The van der Waals surface area contributed by atoms with Crippen molar-refractivity contribution < 1.29 is 9.90 Å². The van der Waals surface area contributed by atoms with Crippen LogP contribution in [0.3, 0.4) is 0 Å². The number of H-pyrrole nitrogens is 1. The van der Waals surface area contributed by atoms with Gasteiger partial charge in [-0.05, 0) is 31.5 Å². The molecule has 1 amide bonds. The molecular weight excluding hydrogens is 430 g/mol. The largest absolute Gasteiger partial charge is 0.493 e. The summed E-state index contributed by atoms with van der Waals surface area (Å²) < 4.78 is 1.35. The molecule has 34 heavy (non-hydrogen) atoms. The molecule has 2 N–H and O–H groups in total. The van der Waals surface area contributed by atoms with Gasteiger partial charge in [0.05, 0.1) is 16.4 Å². The first-order valence-corrected chi connectivity index (χ1v) is 10.8. The molecular formula is C26H21N5O3. The number of rotatable bonds is 4. The smallest absolute Gasteiger partial charge is 0.287 e. The number of amides is 1. The van der Waals surface area contributed by atoms with Crippen molar-refractivity contribution in [2.45, 2.75) is 19.9 Å². The van der Waals surface area contributed by atoms with E-state index in [1.165, 1.54) is 4.57 Å². The zero-order chi connectivity index (χ0) is 23.8. The van der Waals surface area contributed by atoms with Gasteiger partial charge in [0.25, 0.3) is 11.5 Å². The van der Waals surface area contributed by atoms with Gasteiger partial charge in [0.1, 0.15) is 11.9 Å². The third-order valence-electron chi connectivity index (χ3n) is 5.83. The van der Waals surface area contributed by atoms with Crippen LogP contribution in [-0.4, -0.2) is 25.5 Å². The number of aromatic amines is 1. The fourth-order valence-corrected chi connectivity index (χ4v) is 4.03. The van der Waals surface area contributed by atoms with E-state index in [2.05, 4.69) is 20.2 Å². The van der Waals surface area contributed by atoms with Gasteiger partial charge in [-0.1, -0.05) is 60.7 Å². The maximum absolute atomic E-state index is 13.4. The fourth-order valence-electron chi connectivity index (χ4n) is 4.03. The Balaban J connectivity index is 1.60. The summed E-state index contributed by atoms with van der Waals surface area (Å²) in [7, 11) is 0. The van der Waals surface area contributed by atoms with Crippen molar-refractivity contribution in [1.29, 1.82) is 0 Å². The first-order chi connectivity index (χ1) is 16.5. The molecule has 0 aliphatic rings. The maximum atomic E-state index is 13.4. The summed E-state index contributed by atoms with van der Waals surface area (Å²) in [5.41, 5.74) is 2.72. The second-order valence-electron chi connectivity index (χ2n) is 8.03. The summed E-state index contributed by atoms with van der Waals surface area (Å²) in [6.45, 7) is 3.49. The molecule has 1 unspecified atom stereocenters. The molecule has 8 nitrogen and oxygen atoms in total. The standard InChI is InChI=1S/C26H21N5O3/c1-15-9-8-13-19-21(15)28-25(33)22(19)29-30-24(32)16(2)31-23(17-10-4-3-5-11-17)27-20-14-7-6-12-18(20)26(31)34/h3-14,16,28,33H,1-2H3. The highest BCUT2D eigenvalue weighted by Gasteiger charge is 2.23. The summed E-state index contributed by atoms with van der Waals surface area (Å²) in [5.74, 6) is -0.452. The zero-order valence-electron chi connectivity index (χ0n) is 18.6. The van der Waals surface area contributed by atoms with Gasteiger partial charge in [-0.3, -0.25) is 14.2 Å². The monoisotopic (exact) mass is 451 g/mol. The Morgan fingerprint density at radius 3 is 2.50 bits per heavy atom. The van der Waals surface area contributed by atoms with Gasteiger partial charge in [0, 0.05) is 10.9 Å². The molecule has 2 aromatic heterocycles. The number of carbonyl (C=O) groups excluding carboxylic acids is 1. The summed E-state index contributed by atoms with van der Waals surface area (Å²) >= 11 is 0. The van der Waals surface area contributed by atoms with Crippen molar-refractivity contribution in [2.75, 3.05) is 0 Å². The Bertz CT molecular complexity index is 1630. The lowest BCUT2D eigenvalue weighted by Crippen LogP contribution is -2.30. The first kappa shape index (κ1) is 21.3. The van der Waals surface area contributed by atoms with Crippen molar-refractivity contribution in [3.8, 4) is 17.3 Å². The van der Waals surface area contributed by atoms with E-state index in [1.807, 2.05) is 55.5 Å². The second kappa shape index (κ2) is 8.40. The van der Waals surface area contributed by atoms with Crippen LogP contribution >= 0.6 is 0 Å². The van der Waals surface area contributed by atoms with Gasteiger partial charge in [0.15, 0.2) is 5.69 Å². The van der Waals surface area contributed by atoms with Crippen molar-refractivity contribution in [3.63, 3.8) is 0 Å². The van der Waals surface area contributed by atoms with E-state index >= 15 is 0 Å². The SMILES string of the molecule is Cc1cccc2c(N=NC(=O)C(C)n3c(-c4ccccc4)nc4ccccc4c3=O)c(O)[nH]c12. The van der Waals surface area contributed by atoms with E-state index in [9.17, 15) is 14.7 Å². The van der Waals surface area contributed by atoms with Crippen molar-refractivity contribution in [3.05, 3.63) is 88.7 Å². The molecule has 168 valence electrons. The van der Waals surface area contributed by atoms with Gasteiger partial charge < -0.3 is 10.1 Å². The van der Waals surface area contributed by atoms with Gasteiger partial charge in [-0.2, -0.15) is 0 Å². The second-order valence-corrected chi connectivity index (χ2v) is 8.03. The molecule has 0 fully saturated rings. The average molecular weight is 451 g/mol. The Labute approximate surface area is 194 Å². The number of azo groups is 1. The summed E-state index contributed by atoms with van der Waals surface area (Å²) in [4.78, 5) is 34.0. The molecule has 5 rings (SSSR count). The minimum atomic E-state index is -0.974. The topological polar surface area (TPSA) is 113 Å². The lowest BCUT2D eigenvalue weighted by molar-refractivity contribution is -0.121. The Morgan fingerprint density at radius 2 is 1.71 bits per heavy atom. The van der Waals surface area contributed by atoms with E-state index in [-0.39, 0.29) is 17.1 Å². The number of nitrogens with zero attached hydrogens (tertiary/aromatic N) is 4. The molecule has 1 atom stereocenters. The van der Waals surface area contributed by atoms with E-state index in [1.54, 1.807) is 31.2 Å². The van der Waals surface area contributed by atoms with Crippen LogP contribution in [0.5, 0.6) is 5.88 Å². The van der Waals surface area contributed by atoms with Crippen LogP contribution in [-0.2, 0) is 4.79 Å². The van der Waals surface area contributed by atoms with Gasteiger partial charge >= 0.3 is 0 Å². The highest BCUT2D eigenvalue weighted by molar-refractivity contribution is 5.96. The number of hydrogen-bond acceptors (Lipinski definition) is 5. The molecule has 0 radical (unpaired) electrons. The summed E-state index contributed by atoms with van der Waals surface area (Å²) in [5, 5.41) is 19.2.